The van der Waals surface area contributed by atoms with E-state index in [4.69, 9.17) is 11.6 Å². The van der Waals surface area contributed by atoms with Crippen LogP contribution in [0.5, 0.6) is 0 Å². The van der Waals surface area contributed by atoms with Gasteiger partial charge in [0.05, 0.1) is 5.75 Å². The number of nitrogens with one attached hydrogen (secondary N) is 1. The number of carbonyl (C=O) groups is 1. The second-order valence-corrected chi connectivity index (χ2v) is 7.84. The number of benzene rings is 2. The molecule has 24 heavy (non-hydrogen) atoms. The third-order valence-electron chi connectivity index (χ3n) is 3.80. The molecular formula is C17H17ClN2O3S. The molecule has 0 unspecified atom stereocenters. The van der Waals surface area contributed by atoms with Crippen LogP contribution in [-0.2, 0) is 20.6 Å². The number of hydrogen-bond donors (Lipinski definition) is 1. The van der Waals surface area contributed by atoms with Crippen LogP contribution in [0.2, 0.25) is 5.02 Å². The highest BCUT2D eigenvalue weighted by Gasteiger charge is 2.21. The highest BCUT2D eigenvalue weighted by atomic mass is 35.5. The van der Waals surface area contributed by atoms with Gasteiger partial charge in [-0.3, -0.25) is 9.52 Å². The molecule has 1 amide bonds. The summed E-state index contributed by atoms with van der Waals surface area (Å²) in [5.41, 5.74) is 1.92. The number of carbonyl (C=O) groups excluding carboxylic acids is 1. The normalized spacial score (nSPS) is 14.9. The summed E-state index contributed by atoms with van der Waals surface area (Å²) in [6.45, 7) is 0.709. The summed E-state index contributed by atoms with van der Waals surface area (Å²) in [5, 5.41) is 0.566. The van der Waals surface area contributed by atoms with E-state index in [1.807, 2.05) is 0 Å². The predicted octanol–water partition coefficient (Wildman–Crippen LogP) is 3.41. The molecular weight excluding hydrogens is 348 g/mol. The zero-order chi connectivity index (χ0) is 17.2. The molecule has 0 radical (unpaired) electrons. The van der Waals surface area contributed by atoms with Crippen molar-refractivity contribution in [1.29, 1.82) is 0 Å². The summed E-state index contributed by atoms with van der Waals surface area (Å²) < 4.78 is 27.0. The average Bonchev–Trinajstić information content (AvgIpc) is 2.96. The van der Waals surface area contributed by atoms with Crippen molar-refractivity contribution in [2.24, 2.45) is 0 Å². The van der Waals surface area contributed by atoms with Crippen LogP contribution in [0.15, 0.2) is 48.5 Å². The first-order valence-electron chi connectivity index (χ1n) is 7.58. The molecule has 1 fully saturated rings. The summed E-state index contributed by atoms with van der Waals surface area (Å²) in [6, 6.07) is 13.5. The Morgan fingerprint density at radius 3 is 2.29 bits per heavy atom. The summed E-state index contributed by atoms with van der Waals surface area (Å²) >= 11 is 5.80. The van der Waals surface area contributed by atoms with Gasteiger partial charge in [-0.1, -0.05) is 23.7 Å². The standard InChI is InChI=1S/C17H17ClN2O3S/c18-14-5-3-13(4-6-14)12-24(22,23)19-15-7-9-16(10-8-15)20-11-1-2-17(20)21/h3-10,19H,1-2,11-12H2. The molecule has 5 nitrogen and oxygen atoms in total. The Hall–Kier alpha value is -2.05. The number of hydrogen-bond acceptors (Lipinski definition) is 3. The van der Waals surface area contributed by atoms with Crippen molar-refractivity contribution in [3.8, 4) is 0 Å². The maximum absolute atomic E-state index is 12.2. The van der Waals surface area contributed by atoms with E-state index in [9.17, 15) is 13.2 Å². The minimum absolute atomic E-state index is 0.103. The fraction of sp³-hybridized carbons (Fsp3) is 0.235. The molecule has 0 spiro atoms. The Morgan fingerprint density at radius 1 is 1.04 bits per heavy atom. The summed E-state index contributed by atoms with van der Waals surface area (Å²) in [4.78, 5) is 13.4. The van der Waals surface area contributed by atoms with Crippen molar-refractivity contribution in [3.05, 3.63) is 59.1 Å². The molecule has 1 aliphatic rings. The SMILES string of the molecule is O=C1CCCN1c1ccc(NS(=O)(=O)Cc2ccc(Cl)cc2)cc1. The lowest BCUT2D eigenvalue weighted by atomic mass is 10.2. The molecule has 0 aliphatic carbocycles. The van der Waals surface area contributed by atoms with Gasteiger partial charge < -0.3 is 4.90 Å². The summed E-state index contributed by atoms with van der Waals surface area (Å²) in [5.74, 6) is -0.0256. The molecule has 0 aromatic heterocycles. The van der Waals surface area contributed by atoms with Crippen LogP contribution in [-0.4, -0.2) is 20.9 Å². The van der Waals surface area contributed by atoms with E-state index < -0.39 is 10.0 Å². The third kappa shape index (κ3) is 4.07. The quantitative estimate of drug-likeness (QED) is 0.884. The van der Waals surface area contributed by atoms with E-state index in [2.05, 4.69) is 4.72 Å². The van der Waals surface area contributed by atoms with Crippen LogP contribution < -0.4 is 9.62 Å². The Bertz CT molecular complexity index is 833. The molecule has 1 heterocycles. The van der Waals surface area contributed by atoms with E-state index in [1.54, 1.807) is 53.4 Å². The number of anilines is 2. The van der Waals surface area contributed by atoms with Crippen molar-refractivity contribution in [2.45, 2.75) is 18.6 Å². The third-order valence-corrected chi connectivity index (χ3v) is 5.31. The van der Waals surface area contributed by atoms with E-state index in [0.29, 0.717) is 29.2 Å². The van der Waals surface area contributed by atoms with Crippen molar-refractivity contribution in [2.75, 3.05) is 16.2 Å². The van der Waals surface area contributed by atoms with Gasteiger partial charge in [0.1, 0.15) is 0 Å². The molecule has 2 aromatic rings. The summed E-state index contributed by atoms with van der Waals surface area (Å²) in [7, 11) is -3.52. The smallest absolute Gasteiger partial charge is 0.236 e. The second-order valence-electron chi connectivity index (χ2n) is 5.68. The Morgan fingerprint density at radius 2 is 1.71 bits per heavy atom. The molecule has 0 bridgehead atoms. The van der Waals surface area contributed by atoms with Crippen molar-refractivity contribution in [3.63, 3.8) is 0 Å². The van der Waals surface area contributed by atoms with Gasteiger partial charge in [-0.15, -0.1) is 0 Å². The van der Waals surface area contributed by atoms with Crippen LogP contribution in [0.3, 0.4) is 0 Å². The Kier molecular flexibility index (Phi) is 4.78. The highest BCUT2D eigenvalue weighted by Crippen LogP contribution is 2.23. The molecule has 1 N–H and O–H groups in total. The van der Waals surface area contributed by atoms with Crippen LogP contribution in [0.25, 0.3) is 0 Å². The van der Waals surface area contributed by atoms with Crippen LogP contribution >= 0.6 is 11.6 Å². The fourth-order valence-corrected chi connectivity index (χ4v) is 3.97. The van der Waals surface area contributed by atoms with Gasteiger partial charge in [0.2, 0.25) is 15.9 Å². The van der Waals surface area contributed by atoms with Crippen LogP contribution in [0, 0.1) is 0 Å². The number of sulfonamides is 1. The molecule has 1 saturated heterocycles. The highest BCUT2D eigenvalue weighted by molar-refractivity contribution is 7.91. The minimum Gasteiger partial charge on any atom is -0.312 e. The largest absolute Gasteiger partial charge is 0.312 e. The van der Waals surface area contributed by atoms with Gasteiger partial charge in [-0.25, -0.2) is 8.42 Å². The molecule has 3 rings (SSSR count). The lowest BCUT2D eigenvalue weighted by molar-refractivity contribution is -0.117. The first-order chi connectivity index (χ1) is 11.4. The lowest BCUT2D eigenvalue weighted by Gasteiger charge is -2.16. The molecule has 7 heteroatoms. The van der Waals surface area contributed by atoms with Gasteiger partial charge in [0, 0.05) is 29.4 Å². The average molecular weight is 365 g/mol. The molecule has 2 aromatic carbocycles. The maximum atomic E-state index is 12.2. The van der Waals surface area contributed by atoms with Crippen molar-refractivity contribution >= 4 is 38.9 Å². The van der Waals surface area contributed by atoms with Gasteiger partial charge in [0.25, 0.3) is 0 Å². The minimum atomic E-state index is -3.52. The summed E-state index contributed by atoms with van der Waals surface area (Å²) in [6.07, 6.45) is 1.42. The molecule has 126 valence electrons. The van der Waals surface area contributed by atoms with Gasteiger partial charge >= 0.3 is 0 Å². The zero-order valence-corrected chi connectivity index (χ0v) is 14.5. The first-order valence-corrected chi connectivity index (χ1v) is 9.61. The van der Waals surface area contributed by atoms with E-state index in [-0.39, 0.29) is 11.7 Å². The van der Waals surface area contributed by atoms with Gasteiger partial charge in [-0.05, 0) is 48.4 Å². The topological polar surface area (TPSA) is 66.5 Å². The van der Waals surface area contributed by atoms with Crippen LogP contribution in [0.4, 0.5) is 11.4 Å². The van der Waals surface area contributed by atoms with Crippen molar-refractivity contribution in [1.82, 2.24) is 0 Å². The second kappa shape index (κ2) is 6.83. The molecule has 1 aliphatic heterocycles. The van der Waals surface area contributed by atoms with E-state index in [1.165, 1.54) is 0 Å². The number of amides is 1. The van der Waals surface area contributed by atoms with Crippen molar-refractivity contribution < 1.29 is 13.2 Å². The van der Waals surface area contributed by atoms with Gasteiger partial charge in [-0.2, -0.15) is 0 Å². The van der Waals surface area contributed by atoms with E-state index in [0.717, 1.165) is 12.1 Å². The first kappa shape index (κ1) is 16.8. The molecule has 0 saturated carbocycles. The lowest BCUT2D eigenvalue weighted by Crippen LogP contribution is -2.23. The van der Waals surface area contributed by atoms with Gasteiger partial charge in [0.15, 0.2) is 0 Å². The Balaban J connectivity index is 1.68. The molecule has 0 atom stereocenters. The maximum Gasteiger partial charge on any atom is 0.236 e. The van der Waals surface area contributed by atoms with Crippen LogP contribution in [0.1, 0.15) is 18.4 Å². The number of rotatable bonds is 5. The predicted molar refractivity (Wildman–Crippen MR) is 95.7 cm³/mol. The number of nitrogens with zero attached hydrogens (tertiary/aromatic N) is 1. The monoisotopic (exact) mass is 364 g/mol. The zero-order valence-electron chi connectivity index (χ0n) is 12.9. The Labute approximate surface area is 146 Å². The number of halogens is 1. The fourth-order valence-electron chi connectivity index (χ4n) is 2.65. The van der Waals surface area contributed by atoms with E-state index >= 15 is 0 Å².